The normalized spacial score (nSPS) is 16.2. The summed E-state index contributed by atoms with van der Waals surface area (Å²) in [5.74, 6) is 1.24. The van der Waals surface area contributed by atoms with Crippen LogP contribution < -0.4 is 10.5 Å². The Bertz CT molecular complexity index is 463. The molecule has 1 rings (SSSR count). The summed E-state index contributed by atoms with van der Waals surface area (Å²) in [5, 5.41) is 10.0. The van der Waals surface area contributed by atoms with Crippen LogP contribution in [-0.2, 0) is 5.41 Å². The van der Waals surface area contributed by atoms with Gasteiger partial charge in [0.1, 0.15) is 5.75 Å². The molecule has 22 heavy (non-hydrogen) atoms. The lowest BCUT2D eigenvalue weighted by molar-refractivity contribution is 0.134. The van der Waals surface area contributed by atoms with Crippen molar-refractivity contribution in [3.8, 4) is 5.75 Å². The van der Waals surface area contributed by atoms with Gasteiger partial charge in [0.25, 0.3) is 0 Å². The second-order valence-electron chi connectivity index (χ2n) is 7.42. The number of aliphatic hydroxyl groups is 1. The minimum Gasteiger partial charge on any atom is -0.493 e. The smallest absolute Gasteiger partial charge is 0.123 e. The standard InChI is InChI=1S/C19H33NO2/c1-7-10-22-18-9-8-15(12-16(18)19(4,5)6)13(2)11-17(21)14(3)20/h8-9,12-14,17,21H,7,10-11,20H2,1-6H3. The Morgan fingerprint density at radius 3 is 2.36 bits per heavy atom. The molecule has 0 amide bonds. The van der Waals surface area contributed by atoms with E-state index in [2.05, 4.69) is 52.8 Å². The van der Waals surface area contributed by atoms with Crippen LogP contribution in [0.2, 0.25) is 0 Å². The van der Waals surface area contributed by atoms with Gasteiger partial charge in [0.05, 0.1) is 12.7 Å². The van der Waals surface area contributed by atoms with Crippen LogP contribution in [0.1, 0.15) is 71.4 Å². The van der Waals surface area contributed by atoms with Gasteiger partial charge in [0, 0.05) is 6.04 Å². The molecular weight excluding hydrogens is 274 g/mol. The van der Waals surface area contributed by atoms with Crippen molar-refractivity contribution < 1.29 is 9.84 Å². The van der Waals surface area contributed by atoms with Gasteiger partial charge in [-0.15, -0.1) is 0 Å². The fourth-order valence-electron chi connectivity index (χ4n) is 2.49. The first kappa shape index (κ1) is 19.0. The predicted molar refractivity (Wildman–Crippen MR) is 93.6 cm³/mol. The molecule has 126 valence electrons. The van der Waals surface area contributed by atoms with E-state index >= 15 is 0 Å². The van der Waals surface area contributed by atoms with Crippen LogP contribution in [0.3, 0.4) is 0 Å². The van der Waals surface area contributed by atoms with Crippen molar-refractivity contribution in [3.63, 3.8) is 0 Å². The molecule has 0 aliphatic heterocycles. The fourth-order valence-corrected chi connectivity index (χ4v) is 2.49. The number of benzene rings is 1. The highest BCUT2D eigenvalue weighted by Gasteiger charge is 2.22. The summed E-state index contributed by atoms with van der Waals surface area (Å²) < 4.78 is 5.90. The van der Waals surface area contributed by atoms with Crippen LogP contribution in [0.15, 0.2) is 18.2 Å². The average molecular weight is 307 g/mol. The van der Waals surface area contributed by atoms with Crippen molar-refractivity contribution in [2.24, 2.45) is 5.73 Å². The van der Waals surface area contributed by atoms with E-state index in [0.29, 0.717) is 6.42 Å². The van der Waals surface area contributed by atoms with E-state index < -0.39 is 6.10 Å². The van der Waals surface area contributed by atoms with E-state index in [1.54, 1.807) is 0 Å². The molecule has 3 N–H and O–H groups in total. The van der Waals surface area contributed by atoms with E-state index in [-0.39, 0.29) is 17.4 Å². The molecule has 0 bridgehead atoms. The lowest BCUT2D eigenvalue weighted by Gasteiger charge is -2.26. The third-order valence-corrected chi connectivity index (χ3v) is 4.04. The molecule has 3 unspecified atom stereocenters. The highest BCUT2D eigenvalue weighted by molar-refractivity contribution is 5.42. The number of ether oxygens (including phenoxy) is 1. The minimum absolute atomic E-state index is 0.0264. The summed E-state index contributed by atoms with van der Waals surface area (Å²) in [6, 6.07) is 6.21. The van der Waals surface area contributed by atoms with Crippen molar-refractivity contribution in [1.29, 1.82) is 0 Å². The summed E-state index contributed by atoms with van der Waals surface area (Å²) >= 11 is 0. The maximum absolute atomic E-state index is 10.0. The van der Waals surface area contributed by atoms with Gasteiger partial charge >= 0.3 is 0 Å². The SMILES string of the molecule is CCCOc1ccc(C(C)CC(O)C(C)N)cc1C(C)(C)C. The zero-order valence-corrected chi connectivity index (χ0v) is 15.0. The Kier molecular flexibility index (Phi) is 6.89. The second kappa shape index (κ2) is 7.98. The van der Waals surface area contributed by atoms with Gasteiger partial charge in [0.2, 0.25) is 0 Å². The number of rotatable bonds is 7. The molecule has 0 saturated carbocycles. The summed E-state index contributed by atoms with van der Waals surface area (Å²) in [6.07, 6.45) is 1.21. The van der Waals surface area contributed by atoms with Gasteiger partial charge in [-0.2, -0.15) is 0 Å². The third kappa shape index (κ3) is 5.29. The highest BCUT2D eigenvalue weighted by Crippen LogP contribution is 2.35. The molecule has 0 aliphatic rings. The summed E-state index contributed by atoms with van der Waals surface area (Å²) in [7, 11) is 0. The number of aliphatic hydroxyl groups excluding tert-OH is 1. The Morgan fingerprint density at radius 2 is 1.86 bits per heavy atom. The molecule has 0 spiro atoms. The zero-order chi connectivity index (χ0) is 16.9. The number of nitrogens with two attached hydrogens (primary N) is 1. The summed E-state index contributed by atoms with van der Waals surface area (Å²) in [4.78, 5) is 0. The minimum atomic E-state index is -0.468. The lowest BCUT2D eigenvalue weighted by Crippen LogP contribution is -2.32. The molecule has 0 aliphatic carbocycles. The first-order chi connectivity index (χ1) is 10.2. The van der Waals surface area contributed by atoms with Crippen LogP contribution in [0, 0.1) is 0 Å². The summed E-state index contributed by atoms with van der Waals surface area (Å²) in [6.45, 7) is 13.4. The average Bonchev–Trinajstić information content (AvgIpc) is 2.43. The number of hydrogen-bond acceptors (Lipinski definition) is 3. The van der Waals surface area contributed by atoms with Crippen LogP contribution in [0.4, 0.5) is 0 Å². The van der Waals surface area contributed by atoms with E-state index in [1.165, 1.54) is 11.1 Å². The van der Waals surface area contributed by atoms with Crippen molar-refractivity contribution >= 4 is 0 Å². The monoisotopic (exact) mass is 307 g/mol. The topological polar surface area (TPSA) is 55.5 Å². The quantitative estimate of drug-likeness (QED) is 0.801. The maximum Gasteiger partial charge on any atom is 0.123 e. The molecule has 0 aromatic heterocycles. The lowest BCUT2D eigenvalue weighted by atomic mass is 9.83. The van der Waals surface area contributed by atoms with E-state index in [1.807, 2.05) is 6.92 Å². The Hall–Kier alpha value is -1.06. The molecule has 3 nitrogen and oxygen atoms in total. The van der Waals surface area contributed by atoms with Crippen LogP contribution in [0.5, 0.6) is 5.75 Å². The molecule has 0 fully saturated rings. The maximum atomic E-state index is 10.0. The molecule has 1 aromatic carbocycles. The van der Waals surface area contributed by atoms with Crippen molar-refractivity contribution in [1.82, 2.24) is 0 Å². The number of hydrogen-bond donors (Lipinski definition) is 2. The van der Waals surface area contributed by atoms with Crippen LogP contribution in [0.25, 0.3) is 0 Å². The van der Waals surface area contributed by atoms with Crippen molar-refractivity contribution in [3.05, 3.63) is 29.3 Å². The van der Waals surface area contributed by atoms with Gasteiger partial charge in [-0.25, -0.2) is 0 Å². The fraction of sp³-hybridized carbons (Fsp3) is 0.684. The zero-order valence-electron chi connectivity index (χ0n) is 15.0. The molecule has 3 heteroatoms. The van der Waals surface area contributed by atoms with E-state index in [4.69, 9.17) is 10.5 Å². The first-order valence-electron chi connectivity index (χ1n) is 8.37. The van der Waals surface area contributed by atoms with Gasteiger partial charge in [0.15, 0.2) is 0 Å². The van der Waals surface area contributed by atoms with E-state index in [0.717, 1.165) is 18.8 Å². The molecule has 0 heterocycles. The largest absolute Gasteiger partial charge is 0.493 e. The molecule has 0 radical (unpaired) electrons. The van der Waals surface area contributed by atoms with E-state index in [9.17, 15) is 5.11 Å². The molecule has 3 atom stereocenters. The first-order valence-corrected chi connectivity index (χ1v) is 8.37. The van der Waals surface area contributed by atoms with Crippen molar-refractivity contribution in [2.75, 3.05) is 6.61 Å². The van der Waals surface area contributed by atoms with Gasteiger partial charge in [-0.1, -0.05) is 46.8 Å². The predicted octanol–water partition coefficient (Wildman–Crippen LogP) is 3.97. The van der Waals surface area contributed by atoms with Crippen LogP contribution in [-0.4, -0.2) is 23.9 Å². The summed E-state index contributed by atoms with van der Waals surface area (Å²) in [5.41, 5.74) is 8.25. The molecule has 0 saturated heterocycles. The van der Waals surface area contributed by atoms with Gasteiger partial charge < -0.3 is 15.6 Å². The van der Waals surface area contributed by atoms with Crippen molar-refractivity contribution in [2.45, 2.75) is 77.9 Å². The molecule has 1 aromatic rings. The van der Waals surface area contributed by atoms with Gasteiger partial charge in [-0.3, -0.25) is 0 Å². The Morgan fingerprint density at radius 1 is 1.23 bits per heavy atom. The second-order valence-corrected chi connectivity index (χ2v) is 7.42. The van der Waals surface area contributed by atoms with Gasteiger partial charge in [-0.05, 0) is 48.3 Å². The molecular formula is C19H33NO2. The van der Waals surface area contributed by atoms with Crippen LogP contribution >= 0.6 is 0 Å². The Balaban J connectivity index is 3.03. The third-order valence-electron chi connectivity index (χ3n) is 4.04. The Labute approximate surface area is 135 Å². The highest BCUT2D eigenvalue weighted by atomic mass is 16.5.